The van der Waals surface area contributed by atoms with Crippen LogP contribution in [0.4, 0.5) is 5.69 Å². The Morgan fingerprint density at radius 2 is 2.06 bits per heavy atom. The predicted octanol–water partition coefficient (Wildman–Crippen LogP) is 2.82. The molecule has 2 aromatic carbocycles. The fourth-order valence-corrected chi connectivity index (χ4v) is 3.78. The van der Waals surface area contributed by atoms with Gasteiger partial charge in [0.05, 0.1) is 31.0 Å². The van der Waals surface area contributed by atoms with Gasteiger partial charge in [0, 0.05) is 25.7 Å². The molecule has 0 saturated carbocycles. The first-order valence-corrected chi connectivity index (χ1v) is 10.8. The second-order valence-electron chi connectivity index (χ2n) is 7.57. The van der Waals surface area contributed by atoms with E-state index in [-0.39, 0.29) is 12.6 Å². The minimum Gasteiger partial charge on any atom is -0.497 e. The molecule has 1 aliphatic rings. The highest BCUT2D eigenvalue weighted by Crippen LogP contribution is 2.23. The van der Waals surface area contributed by atoms with Crippen molar-refractivity contribution >= 4 is 11.6 Å². The molecule has 0 amide bonds. The van der Waals surface area contributed by atoms with Crippen LogP contribution in [0.3, 0.4) is 0 Å². The lowest BCUT2D eigenvalue weighted by molar-refractivity contribution is 0.187. The molecule has 164 valence electrons. The van der Waals surface area contributed by atoms with Crippen molar-refractivity contribution in [3.8, 4) is 11.8 Å². The number of nitrogens with zero attached hydrogens (tertiary/aromatic N) is 3. The molecule has 7 nitrogen and oxygen atoms in total. The number of rotatable bonds is 7. The van der Waals surface area contributed by atoms with Gasteiger partial charge in [-0.25, -0.2) is 0 Å². The number of aliphatic hydroxyl groups is 1. The van der Waals surface area contributed by atoms with Crippen LogP contribution < -0.4 is 20.3 Å². The molecule has 7 heteroatoms. The van der Waals surface area contributed by atoms with Crippen molar-refractivity contribution in [3.05, 3.63) is 59.7 Å². The second kappa shape index (κ2) is 11.2. The van der Waals surface area contributed by atoms with Gasteiger partial charge < -0.3 is 25.4 Å². The molecule has 0 radical (unpaired) electrons. The van der Waals surface area contributed by atoms with E-state index in [2.05, 4.69) is 26.6 Å². The van der Waals surface area contributed by atoms with Crippen LogP contribution in [0.2, 0.25) is 0 Å². The first-order chi connectivity index (χ1) is 15.1. The molecule has 1 fully saturated rings. The molecular weight excluding hydrogens is 390 g/mol. The average Bonchev–Trinajstić information content (AvgIpc) is 2.82. The average molecular weight is 422 g/mol. The smallest absolute Gasteiger partial charge is 0.191 e. The van der Waals surface area contributed by atoms with Crippen molar-refractivity contribution in [2.24, 2.45) is 4.99 Å². The Morgan fingerprint density at radius 3 is 2.77 bits per heavy atom. The summed E-state index contributed by atoms with van der Waals surface area (Å²) in [5.74, 6) is 1.45. The van der Waals surface area contributed by atoms with E-state index in [1.807, 2.05) is 55.5 Å². The minimum absolute atomic E-state index is 0.205. The van der Waals surface area contributed by atoms with Crippen LogP contribution in [-0.2, 0) is 0 Å². The standard InChI is InChI=1S/C24H31N5O2/c1-3-26-24(27-16-23(30)18-10-12-21(31-2)13-11-18)28-20-8-6-14-29(17-20)22-9-5-4-7-19(22)15-25/h4-5,7,9-13,20,23,30H,3,6,8,14,16-17H2,1-2H3,(H2,26,27,28). The van der Waals surface area contributed by atoms with Gasteiger partial charge in [-0.05, 0) is 49.6 Å². The van der Waals surface area contributed by atoms with Crippen molar-refractivity contribution in [1.82, 2.24) is 10.6 Å². The summed E-state index contributed by atoms with van der Waals surface area (Å²) in [5, 5.41) is 26.7. The fourth-order valence-electron chi connectivity index (χ4n) is 3.78. The molecule has 3 N–H and O–H groups in total. The number of aliphatic imine (C=N–C) groups is 1. The third-order valence-corrected chi connectivity index (χ3v) is 5.39. The van der Waals surface area contributed by atoms with Gasteiger partial charge in [-0.2, -0.15) is 5.26 Å². The summed E-state index contributed by atoms with van der Waals surface area (Å²) < 4.78 is 5.17. The van der Waals surface area contributed by atoms with E-state index in [4.69, 9.17) is 4.74 Å². The highest BCUT2D eigenvalue weighted by Gasteiger charge is 2.22. The Labute approximate surface area is 184 Å². The molecular formula is C24H31N5O2. The van der Waals surface area contributed by atoms with Crippen LogP contribution >= 0.6 is 0 Å². The maximum absolute atomic E-state index is 10.5. The number of aliphatic hydroxyl groups excluding tert-OH is 1. The molecule has 0 aliphatic carbocycles. The maximum atomic E-state index is 10.5. The summed E-state index contributed by atoms with van der Waals surface area (Å²) in [5.41, 5.74) is 2.48. The number of benzene rings is 2. The van der Waals surface area contributed by atoms with E-state index in [1.165, 1.54) is 0 Å². The van der Waals surface area contributed by atoms with Gasteiger partial charge in [-0.3, -0.25) is 4.99 Å². The maximum Gasteiger partial charge on any atom is 0.191 e. The molecule has 0 bridgehead atoms. The van der Waals surface area contributed by atoms with E-state index >= 15 is 0 Å². The van der Waals surface area contributed by atoms with Crippen LogP contribution in [0.25, 0.3) is 0 Å². The van der Waals surface area contributed by atoms with Gasteiger partial charge in [-0.1, -0.05) is 24.3 Å². The Morgan fingerprint density at radius 1 is 1.29 bits per heavy atom. The Hall–Kier alpha value is -3.24. The molecule has 1 heterocycles. The SMILES string of the molecule is CCNC(=NCC(O)c1ccc(OC)cc1)NC1CCCN(c2ccccc2C#N)C1. The number of guanidine groups is 1. The van der Waals surface area contributed by atoms with Gasteiger partial charge in [-0.15, -0.1) is 0 Å². The third-order valence-electron chi connectivity index (χ3n) is 5.39. The van der Waals surface area contributed by atoms with Crippen LogP contribution in [0.15, 0.2) is 53.5 Å². The molecule has 1 aliphatic heterocycles. The number of hydrogen-bond acceptors (Lipinski definition) is 5. The summed E-state index contributed by atoms with van der Waals surface area (Å²) in [6, 6.07) is 17.6. The molecule has 0 spiro atoms. The topological polar surface area (TPSA) is 92.9 Å². The predicted molar refractivity (Wildman–Crippen MR) is 123 cm³/mol. The van der Waals surface area contributed by atoms with Gasteiger partial charge in [0.15, 0.2) is 5.96 Å². The van der Waals surface area contributed by atoms with Crippen LogP contribution in [0.1, 0.15) is 37.0 Å². The lowest BCUT2D eigenvalue weighted by Crippen LogP contribution is -2.51. The van der Waals surface area contributed by atoms with Crippen molar-refractivity contribution in [2.75, 3.05) is 38.2 Å². The summed E-state index contributed by atoms with van der Waals surface area (Å²) in [6.07, 6.45) is 1.37. The van der Waals surface area contributed by atoms with E-state index < -0.39 is 6.10 Å². The molecule has 2 aromatic rings. The van der Waals surface area contributed by atoms with E-state index in [0.717, 1.165) is 49.5 Å². The van der Waals surface area contributed by atoms with Crippen LogP contribution in [-0.4, -0.2) is 50.4 Å². The monoisotopic (exact) mass is 421 g/mol. The van der Waals surface area contributed by atoms with Crippen molar-refractivity contribution in [3.63, 3.8) is 0 Å². The Kier molecular flexibility index (Phi) is 8.13. The first-order valence-electron chi connectivity index (χ1n) is 10.8. The Bertz CT molecular complexity index is 907. The van der Waals surface area contributed by atoms with E-state index in [0.29, 0.717) is 11.5 Å². The number of ether oxygens (including phenoxy) is 1. The van der Waals surface area contributed by atoms with Gasteiger partial charge in [0.1, 0.15) is 11.8 Å². The van der Waals surface area contributed by atoms with E-state index in [9.17, 15) is 10.4 Å². The number of nitriles is 1. The minimum atomic E-state index is -0.688. The molecule has 1 saturated heterocycles. The van der Waals surface area contributed by atoms with Crippen molar-refractivity contribution in [1.29, 1.82) is 5.26 Å². The quantitative estimate of drug-likeness (QED) is 0.470. The number of para-hydroxylation sites is 1. The van der Waals surface area contributed by atoms with E-state index in [1.54, 1.807) is 7.11 Å². The zero-order chi connectivity index (χ0) is 22.1. The summed E-state index contributed by atoms with van der Waals surface area (Å²) in [7, 11) is 1.62. The van der Waals surface area contributed by atoms with Gasteiger partial charge >= 0.3 is 0 Å². The normalized spacial score (nSPS) is 17.5. The third kappa shape index (κ3) is 6.12. The summed E-state index contributed by atoms with van der Waals surface area (Å²) in [4.78, 5) is 6.86. The number of hydrogen-bond donors (Lipinski definition) is 3. The summed E-state index contributed by atoms with van der Waals surface area (Å²) in [6.45, 7) is 4.74. The number of methoxy groups -OCH3 is 1. The highest BCUT2D eigenvalue weighted by molar-refractivity contribution is 5.80. The van der Waals surface area contributed by atoms with Crippen molar-refractivity contribution < 1.29 is 9.84 Å². The molecule has 2 unspecified atom stereocenters. The molecule has 3 rings (SSSR count). The van der Waals surface area contributed by atoms with Gasteiger partial charge in [0.25, 0.3) is 0 Å². The molecule has 0 aromatic heterocycles. The fraction of sp³-hybridized carbons (Fsp3) is 0.417. The summed E-state index contributed by atoms with van der Waals surface area (Å²) >= 11 is 0. The molecule has 2 atom stereocenters. The lowest BCUT2D eigenvalue weighted by atomic mass is 10.0. The zero-order valence-electron chi connectivity index (χ0n) is 18.2. The van der Waals surface area contributed by atoms with Crippen LogP contribution in [0.5, 0.6) is 5.75 Å². The second-order valence-corrected chi connectivity index (χ2v) is 7.57. The molecule has 31 heavy (non-hydrogen) atoms. The number of anilines is 1. The number of nitrogens with one attached hydrogen (secondary N) is 2. The van der Waals surface area contributed by atoms with Crippen molar-refractivity contribution in [2.45, 2.75) is 31.9 Å². The lowest BCUT2D eigenvalue weighted by Gasteiger charge is -2.35. The van der Waals surface area contributed by atoms with Crippen LogP contribution in [0, 0.1) is 11.3 Å². The first kappa shape index (κ1) is 22.4. The Balaban J connectivity index is 1.63. The zero-order valence-corrected chi connectivity index (χ0v) is 18.2. The highest BCUT2D eigenvalue weighted by atomic mass is 16.5. The number of piperidine rings is 1. The largest absolute Gasteiger partial charge is 0.497 e. The van der Waals surface area contributed by atoms with Gasteiger partial charge in [0.2, 0.25) is 0 Å².